The number of fused-ring (bicyclic) bond motifs is 2. The van der Waals surface area contributed by atoms with E-state index >= 15 is 0 Å². The van der Waals surface area contributed by atoms with Crippen LogP contribution in [0, 0.1) is 17.8 Å². The summed E-state index contributed by atoms with van der Waals surface area (Å²) in [5.41, 5.74) is 3.46. The van der Waals surface area contributed by atoms with E-state index in [9.17, 15) is 0 Å². The van der Waals surface area contributed by atoms with Crippen LogP contribution in [0.5, 0.6) is 5.75 Å². The van der Waals surface area contributed by atoms with Gasteiger partial charge in [0.1, 0.15) is 5.75 Å². The molecule has 0 N–H and O–H groups in total. The van der Waals surface area contributed by atoms with Crippen LogP contribution in [0.3, 0.4) is 0 Å². The first kappa shape index (κ1) is 16.8. The normalized spacial score (nSPS) is 24.3. The molecule has 0 amide bonds. The highest BCUT2D eigenvalue weighted by atomic mass is 16.5. The van der Waals surface area contributed by atoms with E-state index in [2.05, 4.69) is 72.3 Å². The predicted octanol–water partition coefficient (Wildman–Crippen LogP) is 4.87. The maximum absolute atomic E-state index is 6.09. The van der Waals surface area contributed by atoms with Crippen molar-refractivity contribution in [3.63, 3.8) is 0 Å². The molecule has 3 atom stereocenters. The van der Waals surface area contributed by atoms with E-state index in [-0.39, 0.29) is 0 Å². The van der Waals surface area contributed by atoms with Crippen LogP contribution in [-0.2, 0) is 0 Å². The van der Waals surface area contributed by atoms with Crippen LogP contribution in [0.4, 0.5) is 0 Å². The lowest BCUT2D eigenvalue weighted by atomic mass is 10.0. The molecule has 1 saturated heterocycles. The molecule has 27 heavy (non-hydrogen) atoms. The largest absolute Gasteiger partial charge is 0.493 e. The van der Waals surface area contributed by atoms with Crippen LogP contribution in [0.2, 0.25) is 0 Å². The molecule has 2 heterocycles. The number of hydrogen-bond donors (Lipinski definition) is 0. The summed E-state index contributed by atoms with van der Waals surface area (Å²) < 4.78 is 6.09. The number of nitrogens with zero attached hydrogens (tertiary/aromatic N) is 2. The van der Waals surface area contributed by atoms with Crippen molar-refractivity contribution in [3.8, 4) is 16.9 Å². The number of aromatic nitrogens is 1. The Morgan fingerprint density at radius 2 is 1.74 bits per heavy atom. The monoisotopic (exact) mass is 358 g/mol. The second-order valence-corrected chi connectivity index (χ2v) is 8.29. The molecule has 3 heteroatoms. The fraction of sp³-hybridized carbons (Fsp3) is 0.375. The lowest BCUT2D eigenvalue weighted by molar-refractivity contribution is 0.206. The van der Waals surface area contributed by atoms with Gasteiger partial charge in [0.25, 0.3) is 0 Å². The molecule has 1 aliphatic carbocycles. The predicted molar refractivity (Wildman–Crippen MR) is 110 cm³/mol. The molecule has 0 bridgehead atoms. The van der Waals surface area contributed by atoms with Crippen molar-refractivity contribution >= 4 is 10.9 Å². The number of rotatable bonds is 5. The lowest BCUT2D eigenvalue weighted by Crippen LogP contribution is -2.31. The average Bonchev–Trinajstić information content (AvgIpc) is 3.14. The summed E-state index contributed by atoms with van der Waals surface area (Å²) in [6.45, 7) is 7.97. The molecular formula is C24H26N2O. The van der Waals surface area contributed by atoms with Gasteiger partial charge in [0.15, 0.2) is 0 Å². The van der Waals surface area contributed by atoms with Crippen molar-refractivity contribution in [1.29, 1.82) is 0 Å². The Morgan fingerprint density at radius 3 is 2.48 bits per heavy atom. The molecule has 1 aromatic heterocycles. The molecule has 3 nitrogen and oxygen atoms in total. The molecule has 2 aromatic carbocycles. The molecule has 0 radical (unpaired) electrons. The fourth-order valence-electron chi connectivity index (χ4n) is 4.54. The van der Waals surface area contributed by atoms with Crippen molar-refractivity contribution in [1.82, 2.24) is 9.88 Å². The summed E-state index contributed by atoms with van der Waals surface area (Å²) in [4.78, 5) is 6.99. The molecule has 5 rings (SSSR count). The Hall–Kier alpha value is -2.39. The average molecular weight is 358 g/mol. The molecule has 2 aliphatic rings. The van der Waals surface area contributed by atoms with Gasteiger partial charge in [-0.05, 0) is 67.1 Å². The second kappa shape index (κ2) is 6.65. The molecular weight excluding hydrogens is 332 g/mol. The highest BCUT2D eigenvalue weighted by Gasteiger charge is 2.56. The number of benzene rings is 2. The van der Waals surface area contributed by atoms with Gasteiger partial charge < -0.3 is 9.64 Å². The molecule has 1 saturated carbocycles. The Bertz CT molecular complexity index is 938. The summed E-state index contributed by atoms with van der Waals surface area (Å²) in [7, 11) is 0. The van der Waals surface area contributed by atoms with Crippen LogP contribution in [0.25, 0.3) is 22.0 Å². The van der Waals surface area contributed by atoms with E-state index in [4.69, 9.17) is 4.74 Å². The summed E-state index contributed by atoms with van der Waals surface area (Å²) in [5, 5.41) is 1.17. The molecule has 2 fully saturated rings. The third-order valence-electron chi connectivity index (χ3n) is 6.36. The zero-order chi connectivity index (χ0) is 18.4. The Kier molecular flexibility index (Phi) is 4.13. The number of likely N-dealkylation sites (tertiary alicyclic amines) is 1. The van der Waals surface area contributed by atoms with Crippen LogP contribution in [0.15, 0.2) is 60.8 Å². The highest BCUT2D eigenvalue weighted by Crippen LogP contribution is 2.52. The van der Waals surface area contributed by atoms with E-state index in [0.29, 0.717) is 6.04 Å². The third kappa shape index (κ3) is 3.21. The van der Waals surface area contributed by atoms with Gasteiger partial charge in [-0.15, -0.1) is 0 Å². The van der Waals surface area contributed by atoms with E-state index in [1.54, 1.807) is 0 Å². The topological polar surface area (TPSA) is 25.4 Å². The zero-order valence-electron chi connectivity index (χ0n) is 16.0. The molecule has 3 aromatic rings. The SMILES string of the molecule is CC(C)N1CC2C(COc3ccc(-c4ccc5ncccc5c4)cc3)[C@@H]2C1. The van der Waals surface area contributed by atoms with E-state index < -0.39 is 0 Å². The van der Waals surface area contributed by atoms with Gasteiger partial charge in [0, 0.05) is 36.6 Å². The van der Waals surface area contributed by atoms with Crippen LogP contribution in [-0.4, -0.2) is 35.6 Å². The van der Waals surface area contributed by atoms with Crippen molar-refractivity contribution in [2.45, 2.75) is 19.9 Å². The number of pyridine rings is 1. The summed E-state index contributed by atoms with van der Waals surface area (Å²) in [6.07, 6.45) is 1.84. The number of hydrogen-bond acceptors (Lipinski definition) is 3. The van der Waals surface area contributed by atoms with E-state index in [1.807, 2.05) is 12.3 Å². The zero-order valence-corrected chi connectivity index (χ0v) is 16.0. The van der Waals surface area contributed by atoms with E-state index in [1.165, 1.54) is 29.6 Å². The summed E-state index contributed by atoms with van der Waals surface area (Å²) in [6, 6.07) is 19.7. The van der Waals surface area contributed by atoms with Crippen molar-refractivity contribution in [2.24, 2.45) is 17.8 Å². The number of ether oxygens (including phenoxy) is 1. The first-order valence-electron chi connectivity index (χ1n) is 10.0. The van der Waals surface area contributed by atoms with Gasteiger partial charge in [0.05, 0.1) is 12.1 Å². The second-order valence-electron chi connectivity index (χ2n) is 8.29. The fourth-order valence-corrected chi connectivity index (χ4v) is 4.54. The maximum atomic E-state index is 6.09. The Balaban J connectivity index is 1.21. The van der Waals surface area contributed by atoms with Crippen molar-refractivity contribution in [2.75, 3.05) is 19.7 Å². The smallest absolute Gasteiger partial charge is 0.119 e. The minimum absolute atomic E-state index is 0.679. The van der Waals surface area contributed by atoms with Crippen molar-refractivity contribution < 1.29 is 4.74 Å². The minimum Gasteiger partial charge on any atom is -0.493 e. The molecule has 1 aliphatic heterocycles. The summed E-state index contributed by atoms with van der Waals surface area (Å²) >= 11 is 0. The highest BCUT2D eigenvalue weighted by molar-refractivity contribution is 5.84. The molecule has 0 spiro atoms. The van der Waals surface area contributed by atoms with Gasteiger partial charge in [-0.2, -0.15) is 0 Å². The maximum Gasteiger partial charge on any atom is 0.119 e. The third-order valence-corrected chi connectivity index (χ3v) is 6.36. The standard InChI is InChI=1S/C24H26N2O/c1-16(2)26-13-21-22(14-26)23(21)15-27-20-8-5-17(6-9-20)18-7-10-24-19(12-18)4-3-11-25-24/h3-12,16,21-23H,13-15H2,1-2H3/t21-,22?,23?/m1/s1. The van der Waals surface area contributed by atoms with Gasteiger partial charge in [-0.25, -0.2) is 0 Å². The first-order valence-corrected chi connectivity index (χ1v) is 10.0. The molecule has 138 valence electrons. The van der Waals surface area contributed by atoms with Crippen LogP contribution >= 0.6 is 0 Å². The van der Waals surface area contributed by atoms with Gasteiger partial charge in [0.2, 0.25) is 0 Å². The Morgan fingerprint density at radius 1 is 1.00 bits per heavy atom. The number of piperidine rings is 1. The van der Waals surface area contributed by atoms with Crippen LogP contribution < -0.4 is 4.74 Å². The van der Waals surface area contributed by atoms with Crippen molar-refractivity contribution in [3.05, 3.63) is 60.8 Å². The van der Waals surface area contributed by atoms with Crippen LogP contribution in [0.1, 0.15) is 13.8 Å². The lowest BCUT2D eigenvalue weighted by Gasteiger charge is -2.23. The minimum atomic E-state index is 0.679. The van der Waals surface area contributed by atoms with E-state index in [0.717, 1.165) is 35.6 Å². The van der Waals surface area contributed by atoms with Gasteiger partial charge >= 0.3 is 0 Å². The van der Waals surface area contributed by atoms with Gasteiger partial charge in [-0.3, -0.25) is 4.98 Å². The first-order chi connectivity index (χ1) is 13.2. The summed E-state index contributed by atoms with van der Waals surface area (Å²) in [5.74, 6) is 3.45. The van der Waals surface area contributed by atoms with Gasteiger partial charge in [-0.1, -0.05) is 24.3 Å². The Labute approximate surface area is 161 Å². The quantitative estimate of drug-likeness (QED) is 0.651. The molecule has 2 unspecified atom stereocenters.